The maximum Gasteiger partial charge on any atom is 0.432 e. The van der Waals surface area contributed by atoms with Crippen LogP contribution in [-0.2, 0) is 4.74 Å². The van der Waals surface area contributed by atoms with Crippen LogP contribution in [-0.4, -0.2) is 45.7 Å². The van der Waals surface area contributed by atoms with Gasteiger partial charge in [-0.2, -0.15) is 5.01 Å². The second-order valence-electron chi connectivity index (χ2n) is 7.55. The number of benzene rings is 1. The lowest BCUT2D eigenvalue weighted by Crippen LogP contribution is -2.50. The molecule has 0 unspecified atom stereocenters. The van der Waals surface area contributed by atoms with Gasteiger partial charge in [-0.15, -0.1) is 0 Å². The summed E-state index contributed by atoms with van der Waals surface area (Å²) in [5.74, 6) is -0.396. The average Bonchev–Trinajstić information content (AvgIpc) is 3.15. The molecular formula is C21H25N3O3. The van der Waals surface area contributed by atoms with Gasteiger partial charge < -0.3 is 4.74 Å². The SMILES string of the molecule is CC(C)(C)OC(=O)N(C(=O)c1ccncc1-c1ccccc1)N1CCCC1. The molecule has 0 N–H and O–H groups in total. The second-order valence-corrected chi connectivity index (χ2v) is 7.55. The van der Waals surface area contributed by atoms with Crippen LogP contribution in [0.5, 0.6) is 0 Å². The molecule has 142 valence electrons. The number of carbonyl (C=O) groups is 2. The zero-order chi connectivity index (χ0) is 19.4. The third-order valence-corrected chi connectivity index (χ3v) is 4.26. The lowest BCUT2D eigenvalue weighted by molar-refractivity contribution is -0.0279. The van der Waals surface area contributed by atoms with Crippen LogP contribution in [0.1, 0.15) is 44.0 Å². The first-order chi connectivity index (χ1) is 12.9. The Kier molecular flexibility index (Phi) is 5.56. The quantitative estimate of drug-likeness (QED) is 0.816. The van der Waals surface area contributed by atoms with E-state index in [2.05, 4.69) is 4.98 Å². The van der Waals surface area contributed by atoms with Crippen LogP contribution in [0.25, 0.3) is 11.1 Å². The normalized spacial score (nSPS) is 14.8. The van der Waals surface area contributed by atoms with Gasteiger partial charge in [-0.3, -0.25) is 9.78 Å². The number of hydrazine groups is 1. The number of pyridine rings is 1. The summed E-state index contributed by atoms with van der Waals surface area (Å²) >= 11 is 0. The number of aromatic nitrogens is 1. The Labute approximate surface area is 159 Å². The average molecular weight is 367 g/mol. The molecule has 1 aromatic carbocycles. The number of hydrogen-bond acceptors (Lipinski definition) is 5. The van der Waals surface area contributed by atoms with E-state index in [1.165, 1.54) is 0 Å². The molecule has 1 saturated heterocycles. The van der Waals surface area contributed by atoms with Crippen LogP contribution in [0.2, 0.25) is 0 Å². The first-order valence-electron chi connectivity index (χ1n) is 9.18. The van der Waals surface area contributed by atoms with Crippen molar-refractivity contribution in [2.24, 2.45) is 0 Å². The van der Waals surface area contributed by atoms with Crippen LogP contribution >= 0.6 is 0 Å². The van der Waals surface area contributed by atoms with Crippen molar-refractivity contribution in [2.75, 3.05) is 13.1 Å². The molecule has 0 spiro atoms. The van der Waals surface area contributed by atoms with Crippen molar-refractivity contribution in [3.05, 3.63) is 54.4 Å². The zero-order valence-corrected chi connectivity index (χ0v) is 16.0. The van der Waals surface area contributed by atoms with E-state index >= 15 is 0 Å². The van der Waals surface area contributed by atoms with Gasteiger partial charge in [0.1, 0.15) is 5.60 Å². The Balaban J connectivity index is 1.99. The van der Waals surface area contributed by atoms with Gasteiger partial charge >= 0.3 is 6.09 Å². The van der Waals surface area contributed by atoms with Crippen molar-refractivity contribution in [3.8, 4) is 11.1 Å². The van der Waals surface area contributed by atoms with E-state index in [1.807, 2.05) is 30.3 Å². The maximum absolute atomic E-state index is 13.4. The van der Waals surface area contributed by atoms with Crippen LogP contribution in [0.3, 0.4) is 0 Å². The number of imide groups is 1. The standard InChI is InChI=1S/C21H25N3O3/c1-21(2,3)27-20(26)24(23-13-7-8-14-23)19(25)17-11-12-22-15-18(17)16-9-5-4-6-10-16/h4-6,9-12,15H,7-8,13-14H2,1-3H3. The van der Waals surface area contributed by atoms with E-state index in [0.29, 0.717) is 24.2 Å². The first-order valence-corrected chi connectivity index (χ1v) is 9.18. The van der Waals surface area contributed by atoms with Crippen LogP contribution < -0.4 is 0 Å². The number of hydrogen-bond donors (Lipinski definition) is 0. The van der Waals surface area contributed by atoms with Gasteiger partial charge in [-0.25, -0.2) is 9.80 Å². The molecule has 0 atom stereocenters. The van der Waals surface area contributed by atoms with Gasteiger partial charge in [0.25, 0.3) is 5.91 Å². The van der Waals surface area contributed by atoms with Crippen molar-refractivity contribution in [3.63, 3.8) is 0 Å². The minimum atomic E-state index is -0.685. The Morgan fingerprint density at radius 1 is 1.07 bits per heavy atom. The summed E-state index contributed by atoms with van der Waals surface area (Å²) in [6.45, 7) is 6.67. The molecule has 0 bridgehead atoms. The highest BCUT2D eigenvalue weighted by Crippen LogP contribution is 2.26. The van der Waals surface area contributed by atoms with E-state index in [-0.39, 0.29) is 0 Å². The molecule has 2 amide bonds. The summed E-state index contributed by atoms with van der Waals surface area (Å²) in [4.78, 5) is 30.4. The van der Waals surface area contributed by atoms with Gasteiger partial charge in [0.15, 0.2) is 0 Å². The molecular weight excluding hydrogens is 342 g/mol. The number of ether oxygens (including phenoxy) is 1. The fourth-order valence-electron chi connectivity index (χ4n) is 3.08. The topological polar surface area (TPSA) is 62.7 Å². The predicted molar refractivity (Wildman–Crippen MR) is 103 cm³/mol. The number of nitrogens with zero attached hydrogens (tertiary/aromatic N) is 3. The lowest BCUT2D eigenvalue weighted by Gasteiger charge is -2.32. The Morgan fingerprint density at radius 3 is 2.37 bits per heavy atom. The molecule has 1 aromatic heterocycles. The third-order valence-electron chi connectivity index (χ3n) is 4.26. The summed E-state index contributed by atoms with van der Waals surface area (Å²) in [6, 6.07) is 11.2. The van der Waals surface area contributed by atoms with E-state index in [9.17, 15) is 9.59 Å². The molecule has 2 heterocycles. The highest BCUT2D eigenvalue weighted by molar-refractivity contribution is 6.06. The number of carbonyl (C=O) groups excluding carboxylic acids is 2. The molecule has 2 aromatic rings. The summed E-state index contributed by atoms with van der Waals surface area (Å²) in [7, 11) is 0. The van der Waals surface area contributed by atoms with Crippen LogP contribution in [0.15, 0.2) is 48.8 Å². The smallest absolute Gasteiger partial charge is 0.432 e. The maximum atomic E-state index is 13.4. The van der Waals surface area contributed by atoms with Gasteiger partial charge in [0.05, 0.1) is 5.56 Å². The zero-order valence-electron chi connectivity index (χ0n) is 16.0. The predicted octanol–water partition coefficient (Wildman–Crippen LogP) is 4.14. The first kappa shape index (κ1) is 19.0. The highest BCUT2D eigenvalue weighted by Gasteiger charge is 2.35. The number of amides is 2. The van der Waals surface area contributed by atoms with Crippen molar-refractivity contribution in [1.82, 2.24) is 15.0 Å². The minimum Gasteiger partial charge on any atom is -0.442 e. The number of rotatable bonds is 3. The monoisotopic (exact) mass is 367 g/mol. The molecule has 0 radical (unpaired) electrons. The molecule has 27 heavy (non-hydrogen) atoms. The second kappa shape index (κ2) is 7.88. The fourth-order valence-corrected chi connectivity index (χ4v) is 3.08. The largest absolute Gasteiger partial charge is 0.442 e. The van der Waals surface area contributed by atoms with Crippen molar-refractivity contribution < 1.29 is 14.3 Å². The summed E-state index contributed by atoms with van der Waals surface area (Å²) < 4.78 is 5.51. The van der Waals surface area contributed by atoms with Crippen LogP contribution in [0, 0.1) is 0 Å². The molecule has 0 aliphatic carbocycles. The molecule has 6 heteroatoms. The van der Waals surface area contributed by atoms with Crippen LogP contribution in [0.4, 0.5) is 4.79 Å². The van der Waals surface area contributed by atoms with E-state index in [0.717, 1.165) is 23.4 Å². The Bertz CT molecular complexity index is 809. The highest BCUT2D eigenvalue weighted by atomic mass is 16.6. The van der Waals surface area contributed by atoms with E-state index in [1.54, 1.807) is 44.2 Å². The molecule has 1 aliphatic rings. The van der Waals surface area contributed by atoms with Crippen molar-refractivity contribution >= 4 is 12.0 Å². The summed E-state index contributed by atoms with van der Waals surface area (Å²) in [6.07, 6.45) is 4.45. The summed E-state index contributed by atoms with van der Waals surface area (Å²) in [5, 5.41) is 2.92. The Hall–Kier alpha value is -2.73. The molecule has 1 aliphatic heterocycles. The van der Waals surface area contributed by atoms with Crippen molar-refractivity contribution in [2.45, 2.75) is 39.2 Å². The van der Waals surface area contributed by atoms with Crippen molar-refractivity contribution in [1.29, 1.82) is 0 Å². The minimum absolute atomic E-state index is 0.396. The van der Waals surface area contributed by atoms with E-state index < -0.39 is 17.6 Å². The van der Waals surface area contributed by atoms with Gasteiger partial charge in [-0.1, -0.05) is 30.3 Å². The fraction of sp³-hybridized carbons (Fsp3) is 0.381. The van der Waals surface area contributed by atoms with E-state index in [4.69, 9.17) is 4.74 Å². The van der Waals surface area contributed by atoms with Gasteiger partial charge in [0.2, 0.25) is 0 Å². The summed E-state index contributed by atoms with van der Waals surface area (Å²) in [5.41, 5.74) is 1.31. The molecule has 6 nitrogen and oxygen atoms in total. The molecule has 3 rings (SSSR count). The third kappa shape index (κ3) is 4.52. The Morgan fingerprint density at radius 2 is 1.74 bits per heavy atom. The lowest BCUT2D eigenvalue weighted by atomic mass is 10.0. The molecule has 0 saturated carbocycles. The van der Waals surface area contributed by atoms with Gasteiger partial charge in [0, 0.05) is 31.0 Å². The molecule has 1 fully saturated rings. The van der Waals surface area contributed by atoms with Gasteiger partial charge in [-0.05, 0) is 45.2 Å².